The molecule has 1 aromatic carbocycles. The highest BCUT2D eigenvalue weighted by Crippen LogP contribution is 2.23. The monoisotopic (exact) mass is 477 g/mol. The summed E-state index contributed by atoms with van der Waals surface area (Å²) in [5, 5.41) is 0. The fourth-order valence-electron chi connectivity index (χ4n) is 4.23. The summed E-state index contributed by atoms with van der Waals surface area (Å²) in [5.74, 6) is -1.02. The first kappa shape index (κ1) is 23.9. The SMILES string of the molecule is Cc1ccc(-n2c(C)cc(C(=O)COC(=O)Cn3cnc4c3c(=O)n(C)c(=O)n4C)c2C)cc1C. The molecule has 0 amide bonds. The fourth-order valence-corrected chi connectivity index (χ4v) is 4.23. The number of nitrogens with zero attached hydrogens (tertiary/aromatic N) is 5. The molecule has 0 aliphatic carbocycles. The number of carbonyl (C=O) groups is 2. The summed E-state index contributed by atoms with van der Waals surface area (Å²) in [6, 6.07) is 7.90. The summed E-state index contributed by atoms with van der Waals surface area (Å²) in [6.45, 7) is 7.11. The fraction of sp³-hybridized carbons (Fsp3) is 0.320. The van der Waals surface area contributed by atoms with Crippen molar-refractivity contribution in [3.05, 3.63) is 79.5 Å². The summed E-state index contributed by atoms with van der Waals surface area (Å²) < 4.78 is 10.7. The van der Waals surface area contributed by atoms with Gasteiger partial charge in [0.1, 0.15) is 6.54 Å². The van der Waals surface area contributed by atoms with Crippen LogP contribution in [0.4, 0.5) is 0 Å². The predicted octanol–water partition coefficient (Wildman–Crippen LogP) is 1.88. The van der Waals surface area contributed by atoms with Crippen LogP contribution >= 0.6 is 0 Å². The zero-order valence-corrected chi connectivity index (χ0v) is 20.6. The van der Waals surface area contributed by atoms with Crippen molar-refractivity contribution >= 4 is 22.9 Å². The number of imidazole rings is 1. The van der Waals surface area contributed by atoms with Crippen LogP contribution in [0.1, 0.15) is 32.9 Å². The largest absolute Gasteiger partial charge is 0.456 e. The van der Waals surface area contributed by atoms with Crippen LogP contribution in [0.2, 0.25) is 0 Å². The lowest BCUT2D eigenvalue weighted by atomic mass is 10.1. The summed E-state index contributed by atoms with van der Waals surface area (Å²) in [5.41, 5.74) is 4.62. The Labute approximate surface area is 201 Å². The zero-order valence-electron chi connectivity index (χ0n) is 20.6. The number of hydrogen-bond acceptors (Lipinski definition) is 6. The molecule has 0 fully saturated rings. The molecule has 0 N–H and O–H groups in total. The van der Waals surface area contributed by atoms with Crippen molar-refractivity contribution in [2.24, 2.45) is 14.1 Å². The summed E-state index contributed by atoms with van der Waals surface area (Å²) in [6.07, 6.45) is 1.30. The van der Waals surface area contributed by atoms with Crippen LogP contribution in [-0.2, 0) is 30.2 Å². The maximum Gasteiger partial charge on any atom is 0.332 e. The van der Waals surface area contributed by atoms with Gasteiger partial charge in [0, 0.05) is 36.7 Å². The number of ether oxygens (including phenoxy) is 1. The molecule has 0 aliphatic rings. The molecule has 35 heavy (non-hydrogen) atoms. The number of hydrogen-bond donors (Lipinski definition) is 0. The Balaban J connectivity index is 1.51. The number of rotatable bonds is 6. The highest BCUT2D eigenvalue weighted by Gasteiger charge is 2.20. The van der Waals surface area contributed by atoms with Gasteiger partial charge in [0.25, 0.3) is 5.56 Å². The summed E-state index contributed by atoms with van der Waals surface area (Å²) in [7, 11) is 2.85. The maximum absolute atomic E-state index is 12.9. The van der Waals surface area contributed by atoms with E-state index in [1.54, 1.807) is 6.07 Å². The van der Waals surface area contributed by atoms with Gasteiger partial charge in [-0.2, -0.15) is 0 Å². The average molecular weight is 478 g/mol. The number of aromatic nitrogens is 5. The van der Waals surface area contributed by atoms with E-state index >= 15 is 0 Å². The van der Waals surface area contributed by atoms with Gasteiger partial charge in [0.2, 0.25) is 5.78 Å². The molecule has 0 unspecified atom stereocenters. The first-order valence-electron chi connectivity index (χ1n) is 11.1. The van der Waals surface area contributed by atoms with E-state index in [9.17, 15) is 19.2 Å². The van der Waals surface area contributed by atoms with Crippen molar-refractivity contribution in [2.45, 2.75) is 34.2 Å². The molecule has 4 aromatic rings. The molecule has 0 aliphatic heterocycles. The number of esters is 1. The standard InChI is InChI=1S/C25H27N5O5/c1-14-7-8-18(9-15(14)2)30-16(3)10-19(17(30)4)20(31)12-35-21(32)11-29-13-26-23-22(29)24(33)28(6)25(34)27(23)5/h7-10,13H,11-12H2,1-6H3. The van der Waals surface area contributed by atoms with E-state index in [1.807, 2.05) is 44.4 Å². The third-order valence-electron chi connectivity index (χ3n) is 6.36. The summed E-state index contributed by atoms with van der Waals surface area (Å²) in [4.78, 5) is 54.0. The molecular weight excluding hydrogens is 450 g/mol. The molecule has 182 valence electrons. The minimum atomic E-state index is -0.698. The molecule has 0 saturated heterocycles. The van der Waals surface area contributed by atoms with Gasteiger partial charge < -0.3 is 13.9 Å². The van der Waals surface area contributed by atoms with E-state index in [4.69, 9.17) is 4.74 Å². The molecule has 10 heteroatoms. The van der Waals surface area contributed by atoms with Crippen molar-refractivity contribution in [1.29, 1.82) is 0 Å². The second-order valence-corrected chi connectivity index (χ2v) is 8.72. The van der Waals surface area contributed by atoms with Gasteiger partial charge in [-0.3, -0.25) is 23.5 Å². The number of fused-ring (bicyclic) bond motifs is 1. The second-order valence-electron chi connectivity index (χ2n) is 8.72. The van der Waals surface area contributed by atoms with Crippen LogP contribution in [0.15, 0.2) is 40.2 Å². The predicted molar refractivity (Wildman–Crippen MR) is 130 cm³/mol. The van der Waals surface area contributed by atoms with Crippen molar-refractivity contribution < 1.29 is 14.3 Å². The van der Waals surface area contributed by atoms with E-state index in [-0.39, 0.29) is 23.5 Å². The first-order chi connectivity index (χ1) is 16.5. The van der Waals surface area contributed by atoms with Gasteiger partial charge in [-0.05, 0) is 57.0 Å². The molecule has 3 heterocycles. The van der Waals surface area contributed by atoms with Gasteiger partial charge in [0.05, 0.1) is 6.33 Å². The van der Waals surface area contributed by atoms with Crippen molar-refractivity contribution in [1.82, 2.24) is 23.3 Å². The minimum absolute atomic E-state index is 0.106. The van der Waals surface area contributed by atoms with E-state index in [2.05, 4.69) is 11.1 Å². The Bertz CT molecular complexity index is 1620. The quantitative estimate of drug-likeness (QED) is 0.310. The number of benzene rings is 1. The van der Waals surface area contributed by atoms with Crippen molar-refractivity contribution in [3.8, 4) is 5.69 Å². The Hall–Kier alpha value is -4.21. The Morgan fingerprint density at radius 3 is 2.37 bits per heavy atom. The lowest BCUT2D eigenvalue weighted by Gasteiger charge is -2.12. The molecule has 0 bridgehead atoms. The smallest absolute Gasteiger partial charge is 0.332 e. The average Bonchev–Trinajstić information content (AvgIpc) is 3.37. The highest BCUT2D eigenvalue weighted by atomic mass is 16.5. The molecule has 10 nitrogen and oxygen atoms in total. The lowest BCUT2D eigenvalue weighted by Crippen LogP contribution is -2.37. The normalized spacial score (nSPS) is 11.3. The van der Waals surface area contributed by atoms with E-state index in [0.717, 1.165) is 27.2 Å². The zero-order chi connectivity index (χ0) is 25.6. The topological polar surface area (TPSA) is 110 Å². The minimum Gasteiger partial charge on any atom is -0.456 e. The van der Waals surface area contributed by atoms with Crippen molar-refractivity contribution in [3.63, 3.8) is 0 Å². The molecule has 0 radical (unpaired) electrons. The van der Waals surface area contributed by atoms with Crippen LogP contribution in [0, 0.1) is 27.7 Å². The van der Waals surface area contributed by atoms with Gasteiger partial charge >= 0.3 is 11.7 Å². The first-order valence-corrected chi connectivity index (χ1v) is 11.1. The lowest BCUT2D eigenvalue weighted by molar-refractivity contribution is -0.143. The van der Waals surface area contributed by atoms with Gasteiger partial charge in [0.15, 0.2) is 17.8 Å². The van der Waals surface area contributed by atoms with E-state index in [1.165, 1.54) is 35.1 Å². The molecule has 0 saturated carbocycles. The van der Waals surface area contributed by atoms with Crippen molar-refractivity contribution in [2.75, 3.05) is 6.61 Å². The van der Waals surface area contributed by atoms with Gasteiger partial charge in [-0.1, -0.05) is 6.07 Å². The van der Waals surface area contributed by atoms with Gasteiger partial charge in [-0.15, -0.1) is 0 Å². The Morgan fingerprint density at radius 1 is 0.971 bits per heavy atom. The summed E-state index contributed by atoms with van der Waals surface area (Å²) >= 11 is 0. The van der Waals surface area contributed by atoms with Crippen LogP contribution in [0.25, 0.3) is 16.9 Å². The number of ketones is 1. The molecule has 3 aromatic heterocycles. The highest BCUT2D eigenvalue weighted by molar-refractivity contribution is 5.99. The van der Waals surface area contributed by atoms with E-state index in [0.29, 0.717) is 5.56 Å². The van der Waals surface area contributed by atoms with E-state index < -0.39 is 23.8 Å². The number of Topliss-reactive ketones (excluding diaryl/α,β-unsaturated/α-hetero) is 1. The number of carbonyl (C=O) groups excluding carboxylic acids is 2. The molecule has 4 rings (SSSR count). The van der Waals surface area contributed by atoms with Crippen LogP contribution < -0.4 is 11.2 Å². The van der Waals surface area contributed by atoms with Crippen LogP contribution in [0.5, 0.6) is 0 Å². The second kappa shape index (κ2) is 8.86. The molecular formula is C25H27N5O5. The van der Waals surface area contributed by atoms with Gasteiger partial charge in [-0.25, -0.2) is 9.78 Å². The molecule has 0 spiro atoms. The Kier molecular flexibility index (Phi) is 6.06. The maximum atomic E-state index is 12.9. The third-order valence-corrected chi connectivity index (χ3v) is 6.36. The third kappa shape index (κ3) is 4.11. The number of aryl methyl sites for hydroxylation is 4. The molecule has 0 atom stereocenters. The Morgan fingerprint density at radius 2 is 1.69 bits per heavy atom. The van der Waals surface area contributed by atoms with Crippen LogP contribution in [0.3, 0.4) is 0 Å². The van der Waals surface area contributed by atoms with Crippen LogP contribution in [-0.4, -0.2) is 41.6 Å².